The second-order valence-corrected chi connectivity index (χ2v) is 7.81. The third-order valence-corrected chi connectivity index (χ3v) is 5.77. The van der Waals surface area contributed by atoms with Crippen molar-refractivity contribution in [2.24, 2.45) is 5.92 Å². The van der Waals surface area contributed by atoms with Crippen LogP contribution in [0, 0.1) is 11.7 Å². The number of nitrogens with zero attached hydrogens (tertiary/aromatic N) is 4. The van der Waals surface area contributed by atoms with Gasteiger partial charge in [0, 0.05) is 34.1 Å². The number of halogens is 1. The summed E-state index contributed by atoms with van der Waals surface area (Å²) in [5, 5.41) is 22.0. The Morgan fingerprint density at radius 3 is 2.96 bits per heavy atom. The number of H-pyrrole nitrogens is 1. The van der Waals surface area contributed by atoms with E-state index >= 15 is 0 Å². The third kappa shape index (κ3) is 3.22. The van der Waals surface area contributed by atoms with Crippen LogP contribution in [-0.4, -0.2) is 56.5 Å². The molecular weight excluding hydrogens is 359 g/mol. The summed E-state index contributed by atoms with van der Waals surface area (Å²) in [6.45, 7) is 7.91. The van der Waals surface area contributed by atoms with Crippen LogP contribution in [0.5, 0.6) is 0 Å². The number of hydrogen-bond acceptors (Lipinski definition) is 6. The Morgan fingerprint density at radius 2 is 2.18 bits per heavy atom. The van der Waals surface area contributed by atoms with Gasteiger partial charge in [0.2, 0.25) is 0 Å². The lowest BCUT2D eigenvalue weighted by Crippen LogP contribution is -2.62. The van der Waals surface area contributed by atoms with E-state index in [1.165, 1.54) is 6.07 Å². The maximum atomic E-state index is 14.6. The maximum absolute atomic E-state index is 14.6. The van der Waals surface area contributed by atoms with Gasteiger partial charge in [0.25, 0.3) is 0 Å². The zero-order valence-corrected chi connectivity index (χ0v) is 16.3. The van der Waals surface area contributed by atoms with Crippen molar-refractivity contribution in [3.8, 4) is 11.4 Å². The molecule has 0 amide bonds. The Balaban J connectivity index is 0.00000160. The number of fused-ring (bicyclic) bond motifs is 1. The van der Waals surface area contributed by atoms with Gasteiger partial charge in [-0.15, -0.1) is 0 Å². The monoisotopic (exact) mass is 388 g/mol. The summed E-state index contributed by atoms with van der Waals surface area (Å²) in [5.74, 6) is 0.360. The fourth-order valence-electron chi connectivity index (χ4n) is 3.57. The molecule has 28 heavy (non-hydrogen) atoms. The van der Waals surface area contributed by atoms with E-state index < -0.39 is 11.4 Å². The van der Waals surface area contributed by atoms with Crippen LogP contribution in [0.2, 0.25) is 0 Å². The number of rotatable bonds is 4. The molecule has 0 aliphatic carbocycles. The molecule has 0 radical (unpaired) electrons. The molecule has 8 heteroatoms. The van der Waals surface area contributed by atoms with E-state index in [2.05, 4.69) is 30.4 Å². The molecule has 2 atom stereocenters. The van der Waals surface area contributed by atoms with Gasteiger partial charge in [-0.1, -0.05) is 13.8 Å². The Labute approximate surface area is 166 Å². The summed E-state index contributed by atoms with van der Waals surface area (Å²) in [5.41, 5.74) is 0.411. The van der Waals surface area contributed by atoms with Gasteiger partial charge in [0.15, 0.2) is 11.5 Å². The molecule has 4 heterocycles. The molecule has 1 fully saturated rings. The number of pyridine rings is 2. The van der Waals surface area contributed by atoms with Crippen LogP contribution in [0.25, 0.3) is 22.4 Å². The first kappa shape index (κ1) is 18.8. The van der Waals surface area contributed by atoms with Gasteiger partial charge in [-0.2, -0.15) is 5.10 Å². The quantitative estimate of drug-likeness (QED) is 0.637. The summed E-state index contributed by atoms with van der Waals surface area (Å²) < 4.78 is 14.6. The highest BCUT2D eigenvalue weighted by atomic mass is 19.1. The SMILES string of the molecule is CC(C)C(C)(O)C1CN(c2ccc(F)c(-c3[nH]nc4ncccc34)n2)CCN1.[HH].[HH]. The highest BCUT2D eigenvalue weighted by Gasteiger charge is 2.38. The first-order chi connectivity index (χ1) is 13.4. The Kier molecular flexibility index (Phi) is 4.76. The van der Waals surface area contributed by atoms with Crippen molar-refractivity contribution >= 4 is 16.9 Å². The van der Waals surface area contributed by atoms with E-state index in [-0.39, 0.29) is 20.5 Å². The molecule has 1 aliphatic rings. The molecule has 1 aliphatic heterocycles. The van der Waals surface area contributed by atoms with Crippen molar-refractivity contribution in [2.45, 2.75) is 32.4 Å². The zero-order chi connectivity index (χ0) is 19.9. The third-order valence-electron chi connectivity index (χ3n) is 5.77. The molecule has 0 aromatic carbocycles. The molecule has 152 valence electrons. The van der Waals surface area contributed by atoms with E-state index in [4.69, 9.17) is 0 Å². The van der Waals surface area contributed by atoms with Gasteiger partial charge in [-0.25, -0.2) is 14.4 Å². The van der Waals surface area contributed by atoms with Crippen LogP contribution in [0.3, 0.4) is 0 Å². The zero-order valence-electron chi connectivity index (χ0n) is 16.3. The van der Waals surface area contributed by atoms with Crippen molar-refractivity contribution in [1.29, 1.82) is 0 Å². The fourth-order valence-corrected chi connectivity index (χ4v) is 3.57. The highest BCUT2D eigenvalue weighted by molar-refractivity contribution is 5.89. The van der Waals surface area contributed by atoms with E-state index in [1.54, 1.807) is 18.3 Å². The maximum Gasteiger partial charge on any atom is 0.181 e. The van der Waals surface area contributed by atoms with Crippen molar-refractivity contribution in [3.05, 3.63) is 36.3 Å². The van der Waals surface area contributed by atoms with Gasteiger partial charge < -0.3 is 15.3 Å². The molecule has 3 aromatic heterocycles. The van der Waals surface area contributed by atoms with Gasteiger partial charge in [-0.05, 0) is 37.1 Å². The minimum Gasteiger partial charge on any atom is -0.388 e. The normalized spacial score (nSPS) is 19.9. The van der Waals surface area contributed by atoms with Crippen LogP contribution in [0.15, 0.2) is 30.5 Å². The first-order valence-electron chi connectivity index (χ1n) is 9.54. The van der Waals surface area contributed by atoms with Crippen molar-refractivity contribution in [2.75, 3.05) is 24.5 Å². The molecule has 2 unspecified atom stereocenters. The Morgan fingerprint density at radius 1 is 1.36 bits per heavy atom. The van der Waals surface area contributed by atoms with Crippen LogP contribution in [0.1, 0.15) is 23.6 Å². The van der Waals surface area contributed by atoms with E-state index in [9.17, 15) is 9.50 Å². The van der Waals surface area contributed by atoms with Crippen LogP contribution in [0.4, 0.5) is 10.2 Å². The molecule has 0 bridgehead atoms. The van der Waals surface area contributed by atoms with E-state index in [0.717, 1.165) is 18.5 Å². The predicted molar refractivity (Wildman–Crippen MR) is 111 cm³/mol. The standard InChI is InChI=1S/C20H25FN6O.2H2/c1-12(2)20(3,28)15-11-27(10-9-22-15)16-7-6-14(21)18(24-16)17-13-5-4-8-23-19(13)26-25-17;;/h4-8,12,15,22,28H,9-11H2,1-3H3,(H,23,25,26);2*1H. The van der Waals surface area contributed by atoms with Gasteiger partial charge in [0.1, 0.15) is 11.5 Å². The number of nitrogens with one attached hydrogen (secondary N) is 2. The van der Waals surface area contributed by atoms with Crippen LogP contribution < -0.4 is 10.2 Å². The molecule has 3 N–H and O–H groups in total. The lowest BCUT2D eigenvalue weighted by molar-refractivity contribution is -0.0231. The lowest BCUT2D eigenvalue weighted by atomic mass is 9.84. The molecule has 3 aromatic rings. The summed E-state index contributed by atoms with van der Waals surface area (Å²) >= 11 is 0. The summed E-state index contributed by atoms with van der Waals surface area (Å²) in [6, 6.07) is 6.64. The number of aromatic amines is 1. The summed E-state index contributed by atoms with van der Waals surface area (Å²) in [6.07, 6.45) is 1.65. The van der Waals surface area contributed by atoms with Crippen LogP contribution >= 0.6 is 0 Å². The van der Waals surface area contributed by atoms with Crippen molar-refractivity contribution in [1.82, 2.24) is 25.5 Å². The molecule has 1 saturated heterocycles. The second-order valence-electron chi connectivity index (χ2n) is 7.81. The molecule has 0 spiro atoms. The topological polar surface area (TPSA) is 90.0 Å². The largest absolute Gasteiger partial charge is 0.388 e. The average Bonchev–Trinajstić information content (AvgIpc) is 3.12. The molecule has 7 nitrogen and oxygen atoms in total. The molecule has 4 rings (SSSR count). The lowest BCUT2D eigenvalue weighted by Gasteiger charge is -2.43. The smallest absolute Gasteiger partial charge is 0.181 e. The minimum absolute atomic E-state index is 0. The van der Waals surface area contributed by atoms with E-state index in [1.807, 2.05) is 26.8 Å². The Hall–Kier alpha value is -2.58. The van der Waals surface area contributed by atoms with Gasteiger partial charge in [-0.3, -0.25) is 5.10 Å². The van der Waals surface area contributed by atoms with E-state index in [0.29, 0.717) is 23.7 Å². The number of piperazine rings is 1. The second kappa shape index (κ2) is 7.10. The number of hydrogen-bond donors (Lipinski definition) is 3. The molecule has 0 saturated carbocycles. The van der Waals surface area contributed by atoms with Gasteiger partial charge in [0.05, 0.1) is 17.3 Å². The van der Waals surface area contributed by atoms with Crippen molar-refractivity contribution < 1.29 is 12.4 Å². The molecular formula is C20H29FN6O. The first-order valence-corrected chi connectivity index (χ1v) is 9.54. The fraction of sp³-hybridized carbons (Fsp3) is 0.450. The van der Waals surface area contributed by atoms with Gasteiger partial charge >= 0.3 is 0 Å². The van der Waals surface area contributed by atoms with Crippen molar-refractivity contribution in [3.63, 3.8) is 0 Å². The number of aliphatic hydroxyl groups is 1. The number of anilines is 1. The Bertz CT molecular complexity index is 996. The number of aromatic nitrogens is 4. The highest BCUT2D eigenvalue weighted by Crippen LogP contribution is 2.29. The predicted octanol–water partition coefficient (Wildman–Crippen LogP) is 2.84. The minimum atomic E-state index is -0.854. The summed E-state index contributed by atoms with van der Waals surface area (Å²) in [4.78, 5) is 10.9. The summed E-state index contributed by atoms with van der Waals surface area (Å²) in [7, 11) is 0. The average molecular weight is 388 g/mol. The van der Waals surface area contributed by atoms with Crippen LogP contribution in [-0.2, 0) is 0 Å².